The SMILES string of the molecule is C[C@@H]1O[C@@H](Oc2cc(-c3oc4cc(O)cc(O)c4c(=O)c3O[C@@H]3O[C@H](CO)[C@H](O)[C@H](O)[C@H]3O)cc(O)c2O)[C@H](O)[C@H](O)[C@H]1O. The van der Waals surface area contributed by atoms with Crippen LogP contribution < -0.4 is 14.9 Å². The van der Waals surface area contributed by atoms with Gasteiger partial charge in [0.2, 0.25) is 29.5 Å². The highest BCUT2D eigenvalue weighted by molar-refractivity contribution is 5.88. The number of hydrogen-bond acceptors (Lipinski definition) is 17. The lowest BCUT2D eigenvalue weighted by Gasteiger charge is -2.39. The first kappa shape index (κ1) is 31.5. The molecule has 0 saturated carbocycles. The Kier molecular flexibility index (Phi) is 8.51. The number of phenolic OH excluding ortho intramolecular Hbond substituents is 4. The molecule has 11 N–H and O–H groups in total. The van der Waals surface area contributed by atoms with Gasteiger partial charge in [0.05, 0.1) is 12.7 Å². The predicted molar refractivity (Wildman–Crippen MR) is 142 cm³/mol. The number of ether oxygens (including phenoxy) is 4. The lowest BCUT2D eigenvalue weighted by atomic mass is 9.99. The minimum Gasteiger partial charge on any atom is -0.508 e. The molecule has 2 aromatic carbocycles. The average Bonchev–Trinajstić information content (AvgIpc) is 2.97. The minimum absolute atomic E-state index is 0.282. The molecule has 5 rings (SSSR count). The lowest BCUT2D eigenvalue weighted by molar-refractivity contribution is -0.277. The number of benzene rings is 2. The van der Waals surface area contributed by atoms with Gasteiger partial charge in [-0.1, -0.05) is 0 Å². The summed E-state index contributed by atoms with van der Waals surface area (Å²) in [6, 6.07) is 3.67. The fourth-order valence-corrected chi connectivity index (χ4v) is 4.90. The number of aliphatic hydroxyl groups is 7. The van der Waals surface area contributed by atoms with Crippen LogP contribution in [0, 0.1) is 0 Å². The molecule has 17 heteroatoms. The van der Waals surface area contributed by atoms with Crippen LogP contribution in [0.5, 0.6) is 34.5 Å². The van der Waals surface area contributed by atoms with Crippen molar-refractivity contribution >= 4 is 11.0 Å². The summed E-state index contributed by atoms with van der Waals surface area (Å²) in [6.45, 7) is 0.553. The van der Waals surface area contributed by atoms with Crippen LogP contribution in [0.4, 0.5) is 0 Å². The summed E-state index contributed by atoms with van der Waals surface area (Å²) in [7, 11) is 0. The molecule has 0 aliphatic carbocycles. The van der Waals surface area contributed by atoms with Gasteiger partial charge in [0.25, 0.3) is 0 Å². The van der Waals surface area contributed by atoms with Crippen LogP contribution in [0.1, 0.15) is 6.92 Å². The number of fused-ring (bicyclic) bond motifs is 1. The second kappa shape index (κ2) is 11.9. The van der Waals surface area contributed by atoms with Crippen LogP contribution in [-0.4, -0.2) is 124 Å². The molecule has 2 aliphatic heterocycles. The molecule has 2 saturated heterocycles. The quantitative estimate of drug-likeness (QED) is 0.128. The molecule has 17 nitrogen and oxygen atoms in total. The Morgan fingerprint density at radius 2 is 1.39 bits per heavy atom. The Hall–Kier alpha value is -3.91. The second-order valence-corrected chi connectivity index (χ2v) is 10.4. The highest BCUT2D eigenvalue weighted by Crippen LogP contribution is 2.44. The van der Waals surface area contributed by atoms with Crippen LogP contribution in [0.15, 0.2) is 33.5 Å². The fourth-order valence-electron chi connectivity index (χ4n) is 4.90. The fraction of sp³-hybridized carbons (Fsp3) is 0.444. The summed E-state index contributed by atoms with van der Waals surface area (Å²) >= 11 is 0. The van der Waals surface area contributed by atoms with Gasteiger partial charge in [0, 0.05) is 17.7 Å². The maximum absolute atomic E-state index is 13.7. The summed E-state index contributed by atoms with van der Waals surface area (Å²) in [6.07, 6.45) is -16.7. The van der Waals surface area contributed by atoms with E-state index in [0.717, 1.165) is 24.3 Å². The molecule has 240 valence electrons. The van der Waals surface area contributed by atoms with Gasteiger partial charge in [-0.15, -0.1) is 0 Å². The van der Waals surface area contributed by atoms with Crippen molar-refractivity contribution in [1.82, 2.24) is 0 Å². The normalized spacial score (nSPS) is 32.5. The largest absolute Gasteiger partial charge is 0.508 e. The van der Waals surface area contributed by atoms with Crippen molar-refractivity contribution in [2.24, 2.45) is 0 Å². The first-order chi connectivity index (χ1) is 20.7. The van der Waals surface area contributed by atoms with Crippen molar-refractivity contribution in [3.05, 3.63) is 34.5 Å². The lowest BCUT2D eigenvalue weighted by Crippen LogP contribution is -2.60. The van der Waals surface area contributed by atoms with Gasteiger partial charge in [-0.2, -0.15) is 0 Å². The van der Waals surface area contributed by atoms with Gasteiger partial charge in [0.1, 0.15) is 65.2 Å². The molecular weight excluding hydrogens is 596 g/mol. The second-order valence-electron chi connectivity index (χ2n) is 10.4. The third-order valence-corrected chi connectivity index (χ3v) is 7.37. The smallest absolute Gasteiger partial charge is 0.239 e. The Bertz CT molecular complexity index is 1590. The zero-order valence-electron chi connectivity index (χ0n) is 22.7. The van der Waals surface area contributed by atoms with E-state index < -0.39 is 125 Å². The molecule has 2 fully saturated rings. The Morgan fingerprint density at radius 1 is 0.750 bits per heavy atom. The van der Waals surface area contributed by atoms with Crippen molar-refractivity contribution in [3.63, 3.8) is 0 Å². The summed E-state index contributed by atoms with van der Waals surface area (Å²) in [5, 5.41) is 112. The Balaban J connectivity index is 1.64. The van der Waals surface area contributed by atoms with Gasteiger partial charge in [-0.3, -0.25) is 4.79 Å². The number of aromatic hydroxyl groups is 4. The maximum atomic E-state index is 13.7. The van der Waals surface area contributed by atoms with Crippen LogP contribution in [0.25, 0.3) is 22.3 Å². The van der Waals surface area contributed by atoms with Crippen LogP contribution >= 0.6 is 0 Å². The highest BCUT2D eigenvalue weighted by atomic mass is 16.7. The van der Waals surface area contributed by atoms with Gasteiger partial charge in [-0.05, 0) is 19.1 Å². The Morgan fingerprint density at radius 3 is 2.05 bits per heavy atom. The van der Waals surface area contributed by atoms with E-state index >= 15 is 0 Å². The molecule has 1 aromatic heterocycles. The highest BCUT2D eigenvalue weighted by Gasteiger charge is 2.46. The van der Waals surface area contributed by atoms with Crippen LogP contribution in [0.2, 0.25) is 0 Å². The average molecular weight is 627 g/mol. The molecule has 44 heavy (non-hydrogen) atoms. The van der Waals surface area contributed by atoms with E-state index in [-0.39, 0.29) is 5.56 Å². The number of aliphatic hydroxyl groups excluding tert-OH is 7. The number of rotatable bonds is 6. The summed E-state index contributed by atoms with van der Waals surface area (Å²) < 4.78 is 27.6. The number of phenols is 4. The van der Waals surface area contributed by atoms with Crippen LogP contribution in [-0.2, 0) is 9.47 Å². The third kappa shape index (κ3) is 5.45. The molecule has 3 aromatic rings. The molecule has 0 amide bonds. The van der Waals surface area contributed by atoms with E-state index in [9.17, 15) is 61.0 Å². The topological polar surface area (TPSA) is 290 Å². The van der Waals surface area contributed by atoms with Crippen LogP contribution in [0.3, 0.4) is 0 Å². The zero-order chi connectivity index (χ0) is 32.2. The molecule has 2 aliphatic rings. The molecule has 10 atom stereocenters. The van der Waals surface area contributed by atoms with Gasteiger partial charge < -0.3 is 79.5 Å². The van der Waals surface area contributed by atoms with Gasteiger partial charge >= 0.3 is 0 Å². The van der Waals surface area contributed by atoms with E-state index in [4.69, 9.17) is 23.4 Å². The molecule has 0 radical (unpaired) electrons. The monoisotopic (exact) mass is 626 g/mol. The van der Waals surface area contributed by atoms with Gasteiger partial charge in [0.15, 0.2) is 17.3 Å². The van der Waals surface area contributed by atoms with E-state index in [2.05, 4.69) is 0 Å². The van der Waals surface area contributed by atoms with E-state index in [1.807, 2.05) is 0 Å². The maximum Gasteiger partial charge on any atom is 0.239 e. The number of hydrogen-bond donors (Lipinski definition) is 11. The molecule has 0 bridgehead atoms. The standard InChI is InChI=1S/C27H30O17/c1-7-16(32)20(36)22(38)26(40-7)42-13-3-8(2-11(31)17(13)33)24-25(19(35)15-10(30)4-9(29)5-12(15)41-24)44-27-23(39)21(37)18(34)14(6-28)43-27/h2-5,7,14,16,18,20-23,26-34,36-39H,6H2,1H3/t7-,14+,16-,18-,20+,21-,22+,23+,26-,27-/m0/s1. The zero-order valence-corrected chi connectivity index (χ0v) is 22.7. The summed E-state index contributed by atoms with van der Waals surface area (Å²) in [4.78, 5) is 13.7. The van der Waals surface area contributed by atoms with E-state index in [0.29, 0.717) is 0 Å². The van der Waals surface area contributed by atoms with Gasteiger partial charge in [-0.25, -0.2) is 0 Å². The first-order valence-electron chi connectivity index (χ1n) is 13.2. The van der Waals surface area contributed by atoms with Crippen molar-refractivity contribution < 1.29 is 79.5 Å². The minimum atomic E-state index is -1.98. The Labute approximate surface area is 246 Å². The summed E-state index contributed by atoms with van der Waals surface area (Å²) in [5.41, 5.74) is -1.78. The van der Waals surface area contributed by atoms with E-state index in [1.54, 1.807) is 0 Å². The molecule has 0 spiro atoms. The van der Waals surface area contributed by atoms with Crippen molar-refractivity contribution in [2.45, 2.75) is 68.3 Å². The summed E-state index contributed by atoms with van der Waals surface area (Å²) in [5.74, 6) is -4.96. The molecule has 3 heterocycles. The van der Waals surface area contributed by atoms with Crippen molar-refractivity contribution in [3.8, 4) is 45.8 Å². The molecular formula is C27H30O17. The van der Waals surface area contributed by atoms with Crippen molar-refractivity contribution in [1.29, 1.82) is 0 Å². The predicted octanol–water partition coefficient (Wildman–Crippen LogP) is -2.33. The first-order valence-corrected chi connectivity index (χ1v) is 13.2. The van der Waals surface area contributed by atoms with E-state index in [1.165, 1.54) is 6.92 Å². The molecule has 0 unspecified atom stereocenters. The third-order valence-electron chi connectivity index (χ3n) is 7.37. The van der Waals surface area contributed by atoms with Crippen molar-refractivity contribution in [2.75, 3.05) is 6.61 Å².